The Morgan fingerprint density at radius 2 is 1.66 bits per heavy atom. The number of aromatic nitrogens is 4. The van der Waals surface area contributed by atoms with Crippen LogP contribution in [0.25, 0.3) is 22.4 Å². The standard InChI is InChI=1S/C23H22Cl3N5O/c1-3-31(4-2)11-14-5-7-15(8-6-14)12-32-19-9-16(17(24)10-18(19)25)20-21-22(28-13-27-21)30-23(26)29-20/h5-10,13H,3-4,11-12H2,1-2H3,(H,27,28,29,30). The van der Waals surface area contributed by atoms with Crippen LogP contribution in [0.1, 0.15) is 25.0 Å². The highest BCUT2D eigenvalue weighted by Crippen LogP contribution is 2.38. The van der Waals surface area contributed by atoms with E-state index >= 15 is 0 Å². The summed E-state index contributed by atoms with van der Waals surface area (Å²) < 4.78 is 6.02. The Morgan fingerprint density at radius 1 is 0.938 bits per heavy atom. The van der Waals surface area contributed by atoms with Crippen molar-refractivity contribution in [3.05, 3.63) is 69.2 Å². The summed E-state index contributed by atoms with van der Waals surface area (Å²) in [6.45, 7) is 7.70. The van der Waals surface area contributed by atoms with Gasteiger partial charge in [-0.3, -0.25) is 4.90 Å². The summed E-state index contributed by atoms with van der Waals surface area (Å²) in [5.41, 5.74) is 4.56. The zero-order valence-corrected chi connectivity index (χ0v) is 20.0. The average molecular weight is 491 g/mol. The van der Waals surface area contributed by atoms with E-state index in [4.69, 9.17) is 39.5 Å². The zero-order valence-electron chi connectivity index (χ0n) is 17.7. The number of rotatable bonds is 8. The van der Waals surface area contributed by atoms with E-state index in [0.717, 1.165) is 25.2 Å². The fourth-order valence-electron chi connectivity index (χ4n) is 3.43. The first kappa shape index (κ1) is 22.8. The molecule has 0 bridgehead atoms. The lowest BCUT2D eigenvalue weighted by Crippen LogP contribution is -2.22. The van der Waals surface area contributed by atoms with Gasteiger partial charge in [-0.2, -0.15) is 4.98 Å². The summed E-state index contributed by atoms with van der Waals surface area (Å²) in [5, 5.41) is 0.921. The molecule has 6 nitrogen and oxygen atoms in total. The van der Waals surface area contributed by atoms with Gasteiger partial charge in [-0.25, -0.2) is 9.97 Å². The minimum absolute atomic E-state index is 0.0814. The van der Waals surface area contributed by atoms with Crippen molar-refractivity contribution in [2.24, 2.45) is 0 Å². The van der Waals surface area contributed by atoms with Gasteiger partial charge in [0.25, 0.3) is 0 Å². The quantitative estimate of drug-likeness (QED) is 0.289. The van der Waals surface area contributed by atoms with Crippen LogP contribution in [0.3, 0.4) is 0 Å². The SMILES string of the molecule is CCN(CC)Cc1ccc(COc2cc(-c3nc(Cl)nc4nc[nH]c34)c(Cl)cc2Cl)cc1. The van der Waals surface area contributed by atoms with Crippen LogP contribution in [0.5, 0.6) is 5.75 Å². The molecule has 2 aromatic carbocycles. The van der Waals surface area contributed by atoms with Crippen molar-refractivity contribution < 1.29 is 4.74 Å². The van der Waals surface area contributed by atoms with E-state index < -0.39 is 0 Å². The number of halogens is 3. The predicted octanol–water partition coefficient (Wildman–Crippen LogP) is 6.40. The fourth-order valence-corrected chi connectivity index (χ4v) is 4.12. The van der Waals surface area contributed by atoms with Crippen LogP contribution < -0.4 is 4.74 Å². The Hall–Kier alpha value is -2.38. The molecule has 0 aliphatic heterocycles. The first-order valence-corrected chi connectivity index (χ1v) is 11.4. The number of nitrogens with one attached hydrogen (secondary N) is 1. The van der Waals surface area contributed by atoms with Gasteiger partial charge in [-0.1, -0.05) is 61.3 Å². The van der Waals surface area contributed by atoms with Crippen LogP contribution in [0, 0.1) is 0 Å². The molecular formula is C23H22Cl3N5O. The molecule has 2 heterocycles. The van der Waals surface area contributed by atoms with Crippen molar-refractivity contribution in [3.63, 3.8) is 0 Å². The van der Waals surface area contributed by atoms with Crippen LogP contribution in [0.2, 0.25) is 15.3 Å². The molecule has 4 aromatic rings. The Balaban J connectivity index is 1.56. The van der Waals surface area contributed by atoms with Gasteiger partial charge in [0.1, 0.15) is 23.6 Å². The molecular weight excluding hydrogens is 469 g/mol. The molecule has 2 aromatic heterocycles. The highest BCUT2D eigenvalue weighted by molar-refractivity contribution is 6.37. The molecule has 0 atom stereocenters. The predicted molar refractivity (Wildman–Crippen MR) is 130 cm³/mol. The summed E-state index contributed by atoms with van der Waals surface area (Å²) in [6, 6.07) is 11.8. The second-order valence-corrected chi connectivity index (χ2v) is 8.42. The summed E-state index contributed by atoms with van der Waals surface area (Å²) in [4.78, 5) is 18.0. The Kier molecular flexibility index (Phi) is 7.16. The molecule has 9 heteroatoms. The number of hydrogen-bond donors (Lipinski definition) is 1. The highest BCUT2D eigenvalue weighted by atomic mass is 35.5. The summed E-state index contributed by atoms with van der Waals surface area (Å²) in [5.74, 6) is 0.501. The molecule has 166 valence electrons. The number of fused-ring (bicyclic) bond motifs is 1. The molecule has 32 heavy (non-hydrogen) atoms. The third-order valence-electron chi connectivity index (χ3n) is 5.25. The lowest BCUT2D eigenvalue weighted by Gasteiger charge is -2.18. The van der Waals surface area contributed by atoms with Crippen LogP contribution >= 0.6 is 34.8 Å². The second-order valence-electron chi connectivity index (χ2n) is 7.27. The van der Waals surface area contributed by atoms with Gasteiger partial charge in [0, 0.05) is 12.1 Å². The lowest BCUT2D eigenvalue weighted by molar-refractivity contribution is 0.295. The lowest BCUT2D eigenvalue weighted by atomic mass is 10.1. The van der Waals surface area contributed by atoms with Crippen LogP contribution in [0.4, 0.5) is 0 Å². The monoisotopic (exact) mass is 489 g/mol. The maximum atomic E-state index is 6.47. The largest absolute Gasteiger partial charge is 0.487 e. The maximum absolute atomic E-state index is 6.47. The number of benzene rings is 2. The topological polar surface area (TPSA) is 66.9 Å². The molecule has 1 N–H and O–H groups in total. The van der Waals surface area contributed by atoms with Gasteiger partial charge in [-0.05, 0) is 48.0 Å². The first-order chi connectivity index (χ1) is 15.5. The number of nitrogens with zero attached hydrogens (tertiary/aromatic N) is 4. The number of hydrogen-bond acceptors (Lipinski definition) is 5. The van der Waals surface area contributed by atoms with Gasteiger partial charge in [0.2, 0.25) is 5.28 Å². The molecule has 0 spiro atoms. The van der Waals surface area contributed by atoms with E-state index in [2.05, 4.69) is 62.9 Å². The van der Waals surface area contributed by atoms with Crippen LogP contribution in [-0.4, -0.2) is 37.9 Å². The molecule has 0 aliphatic carbocycles. The summed E-state index contributed by atoms with van der Waals surface area (Å²) >= 11 is 19.0. The smallest absolute Gasteiger partial charge is 0.225 e. The molecule has 0 saturated heterocycles. The van der Waals surface area contributed by atoms with Crippen molar-refractivity contribution in [2.75, 3.05) is 13.1 Å². The van der Waals surface area contributed by atoms with E-state index in [1.165, 1.54) is 11.9 Å². The van der Waals surface area contributed by atoms with Crippen LogP contribution in [-0.2, 0) is 13.2 Å². The fraction of sp³-hybridized carbons (Fsp3) is 0.261. The van der Waals surface area contributed by atoms with E-state index in [-0.39, 0.29) is 5.28 Å². The molecule has 0 amide bonds. The maximum Gasteiger partial charge on any atom is 0.225 e. The Labute approximate surface area is 201 Å². The van der Waals surface area contributed by atoms with Crippen molar-refractivity contribution >= 4 is 46.0 Å². The first-order valence-electron chi connectivity index (χ1n) is 10.3. The molecule has 0 saturated carbocycles. The molecule has 0 aliphatic rings. The van der Waals surface area contributed by atoms with E-state index in [0.29, 0.717) is 44.8 Å². The molecule has 0 radical (unpaired) electrons. The van der Waals surface area contributed by atoms with Crippen molar-refractivity contribution in [2.45, 2.75) is 27.0 Å². The van der Waals surface area contributed by atoms with Crippen LogP contribution in [0.15, 0.2) is 42.7 Å². The van der Waals surface area contributed by atoms with Crippen molar-refractivity contribution in [3.8, 4) is 17.0 Å². The Bertz CT molecular complexity index is 1220. The number of H-pyrrole nitrogens is 1. The van der Waals surface area contributed by atoms with Gasteiger partial charge >= 0.3 is 0 Å². The molecule has 0 unspecified atom stereocenters. The summed E-state index contributed by atoms with van der Waals surface area (Å²) in [7, 11) is 0. The van der Waals surface area contributed by atoms with Gasteiger partial charge in [-0.15, -0.1) is 0 Å². The van der Waals surface area contributed by atoms with Crippen molar-refractivity contribution in [1.29, 1.82) is 0 Å². The average Bonchev–Trinajstić information content (AvgIpc) is 3.25. The van der Waals surface area contributed by atoms with Crippen molar-refractivity contribution in [1.82, 2.24) is 24.8 Å². The van der Waals surface area contributed by atoms with Gasteiger partial charge < -0.3 is 9.72 Å². The zero-order chi connectivity index (χ0) is 22.7. The van der Waals surface area contributed by atoms with E-state index in [1.54, 1.807) is 12.1 Å². The third-order valence-corrected chi connectivity index (χ3v) is 6.03. The van der Waals surface area contributed by atoms with E-state index in [1.807, 2.05) is 0 Å². The third kappa shape index (κ3) is 4.99. The molecule has 4 rings (SSSR count). The second kappa shape index (κ2) is 10.0. The minimum atomic E-state index is 0.0814. The normalized spacial score (nSPS) is 11.4. The number of aromatic amines is 1. The molecule has 0 fully saturated rings. The Morgan fingerprint density at radius 3 is 2.38 bits per heavy atom. The van der Waals surface area contributed by atoms with Gasteiger partial charge in [0.05, 0.1) is 16.4 Å². The van der Waals surface area contributed by atoms with Gasteiger partial charge in [0.15, 0.2) is 5.65 Å². The minimum Gasteiger partial charge on any atom is -0.487 e. The number of ether oxygens (including phenoxy) is 1. The van der Waals surface area contributed by atoms with E-state index in [9.17, 15) is 0 Å². The number of imidazole rings is 1. The highest BCUT2D eigenvalue weighted by Gasteiger charge is 2.17. The summed E-state index contributed by atoms with van der Waals surface area (Å²) in [6.07, 6.45) is 1.53.